The molecule has 33 heavy (non-hydrogen) atoms. The second-order valence-electron chi connectivity index (χ2n) is 8.75. The van der Waals surface area contributed by atoms with E-state index in [4.69, 9.17) is 0 Å². The van der Waals surface area contributed by atoms with Crippen molar-refractivity contribution in [2.24, 2.45) is 18.9 Å². The number of imidazole rings is 1. The highest BCUT2D eigenvalue weighted by atomic mass is 19.1. The quantitative estimate of drug-likeness (QED) is 0.516. The average molecular weight is 449 g/mol. The molecule has 1 N–H and O–H groups in total. The highest BCUT2D eigenvalue weighted by molar-refractivity contribution is 5.77. The van der Waals surface area contributed by atoms with Crippen LogP contribution in [-0.4, -0.2) is 50.7 Å². The van der Waals surface area contributed by atoms with Gasteiger partial charge in [0.25, 0.3) is 5.56 Å². The van der Waals surface area contributed by atoms with E-state index in [1.807, 2.05) is 11.9 Å². The molecule has 1 unspecified atom stereocenters. The van der Waals surface area contributed by atoms with Crippen molar-refractivity contribution in [3.8, 4) is 11.3 Å². The van der Waals surface area contributed by atoms with Crippen LogP contribution < -0.4 is 15.4 Å². The lowest BCUT2D eigenvalue weighted by Crippen LogP contribution is -2.36. The van der Waals surface area contributed by atoms with Crippen molar-refractivity contribution in [1.82, 2.24) is 24.5 Å². The maximum absolute atomic E-state index is 14.2. The fourth-order valence-corrected chi connectivity index (χ4v) is 5.06. The van der Waals surface area contributed by atoms with Crippen molar-refractivity contribution in [3.05, 3.63) is 64.7 Å². The first-order valence-electron chi connectivity index (χ1n) is 10.7. The molecule has 1 saturated heterocycles. The van der Waals surface area contributed by atoms with Crippen LogP contribution in [0.5, 0.6) is 0 Å². The van der Waals surface area contributed by atoms with Gasteiger partial charge in [-0.2, -0.15) is 0 Å². The number of fused-ring (bicyclic) bond motifs is 2. The van der Waals surface area contributed by atoms with E-state index in [9.17, 15) is 13.6 Å². The van der Waals surface area contributed by atoms with Crippen LogP contribution in [-0.2, 0) is 7.05 Å². The molecule has 0 amide bonds. The number of pyridine rings is 1. The minimum absolute atomic E-state index is 0.221. The van der Waals surface area contributed by atoms with Crippen LogP contribution in [0.15, 0.2) is 47.5 Å². The second-order valence-corrected chi connectivity index (χ2v) is 8.75. The number of nitrogens with one attached hydrogen (secondary N) is 1. The van der Waals surface area contributed by atoms with Crippen LogP contribution in [0.4, 0.5) is 20.7 Å². The van der Waals surface area contributed by atoms with Crippen LogP contribution in [0.25, 0.3) is 22.3 Å². The Kier molecular flexibility index (Phi) is 4.26. The number of rotatable bonds is 4. The molecule has 4 aromatic rings. The first-order valence-corrected chi connectivity index (χ1v) is 10.7. The highest BCUT2D eigenvalue weighted by Crippen LogP contribution is 2.50. The molecular formula is C23H21F2N7O. The summed E-state index contributed by atoms with van der Waals surface area (Å²) in [6, 6.07) is 7.60. The molecular weight excluding hydrogens is 428 g/mol. The Hall–Kier alpha value is -3.82. The summed E-state index contributed by atoms with van der Waals surface area (Å²) in [5, 5.41) is 0. The maximum Gasteiger partial charge on any atom is 0.255 e. The minimum atomic E-state index is -0.517. The zero-order valence-electron chi connectivity index (χ0n) is 18.0. The van der Waals surface area contributed by atoms with Gasteiger partial charge in [-0.05, 0) is 24.3 Å². The van der Waals surface area contributed by atoms with Gasteiger partial charge in [-0.3, -0.25) is 14.3 Å². The number of H-pyrrole nitrogens is 1. The van der Waals surface area contributed by atoms with Crippen LogP contribution in [0.3, 0.4) is 0 Å². The predicted octanol–water partition coefficient (Wildman–Crippen LogP) is 2.57. The van der Waals surface area contributed by atoms with Gasteiger partial charge < -0.3 is 14.8 Å². The Morgan fingerprint density at radius 1 is 1.12 bits per heavy atom. The fourth-order valence-electron chi connectivity index (χ4n) is 5.06. The molecule has 0 radical (unpaired) electrons. The average Bonchev–Trinajstić information content (AvgIpc) is 3.12. The topological polar surface area (TPSA) is 82.9 Å². The first-order chi connectivity index (χ1) is 15.9. The zero-order chi connectivity index (χ0) is 22.9. The third-order valence-electron chi connectivity index (χ3n) is 6.80. The molecule has 1 aromatic carbocycles. The fraction of sp³-hybridized carbons (Fsp3) is 0.304. The number of nitrogens with zero attached hydrogens (tertiary/aromatic N) is 6. The Morgan fingerprint density at radius 3 is 2.67 bits per heavy atom. The second kappa shape index (κ2) is 7.09. The van der Waals surface area contributed by atoms with Gasteiger partial charge in [0, 0.05) is 62.9 Å². The van der Waals surface area contributed by atoms with Crippen molar-refractivity contribution >= 4 is 22.9 Å². The number of aromatic nitrogens is 5. The summed E-state index contributed by atoms with van der Waals surface area (Å²) in [5.41, 5.74) is 1.71. The number of anilines is 2. The molecule has 4 heterocycles. The molecule has 3 atom stereocenters. The number of benzene rings is 1. The van der Waals surface area contributed by atoms with Gasteiger partial charge in [-0.25, -0.2) is 18.7 Å². The van der Waals surface area contributed by atoms with E-state index in [0.29, 0.717) is 29.0 Å². The van der Waals surface area contributed by atoms with Crippen LogP contribution in [0.2, 0.25) is 0 Å². The summed E-state index contributed by atoms with van der Waals surface area (Å²) in [7, 11) is 3.59. The van der Waals surface area contributed by atoms with E-state index < -0.39 is 5.82 Å². The smallest absolute Gasteiger partial charge is 0.255 e. The summed E-state index contributed by atoms with van der Waals surface area (Å²) in [6.07, 6.45) is 2.59. The molecule has 2 aliphatic rings. The standard InChI is InChI=1S/C23H21F2N7O/c1-30-20(33)8-18(13-5-6-26-9-16(13)25)29-23(30)31(2)21-14-10-32(11-15(14)21)22-27-17-4-3-12(24)7-19(17)28-22/h3-9,14-15,21H,10-11H2,1-2H3,(H,27,28)/t14-,15+,21?. The zero-order valence-corrected chi connectivity index (χ0v) is 18.0. The number of hydrogen-bond acceptors (Lipinski definition) is 6. The molecule has 6 rings (SSSR count). The molecule has 3 aromatic heterocycles. The summed E-state index contributed by atoms with van der Waals surface area (Å²) in [6.45, 7) is 1.60. The van der Waals surface area contributed by atoms with Gasteiger partial charge in [0.2, 0.25) is 11.9 Å². The van der Waals surface area contributed by atoms with Gasteiger partial charge in [0.05, 0.1) is 22.9 Å². The number of halogens is 2. The lowest BCUT2D eigenvalue weighted by molar-refractivity contribution is 0.623. The summed E-state index contributed by atoms with van der Waals surface area (Å²) >= 11 is 0. The normalized spacial score (nSPS) is 21.5. The first kappa shape index (κ1) is 19.8. The Balaban J connectivity index is 1.23. The van der Waals surface area contributed by atoms with E-state index in [0.717, 1.165) is 30.8 Å². The van der Waals surface area contributed by atoms with Gasteiger partial charge >= 0.3 is 0 Å². The van der Waals surface area contributed by atoms with Crippen molar-refractivity contribution in [1.29, 1.82) is 0 Å². The third kappa shape index (κ3) is 3.16. The molecule has 1 aliphatic heterocycles. The van der Waals surface area contributed by atoms with Crippen LogP contribution in [0.1, 0.15) is 0 Å². The van der Waals surface area contributed by atoms with Gasteiger partial charge in [-0.15, -0.1) is 0 Å². The molecule has 0 bridgehead atoms. The molecule has 0 spiro atoms. The maximum atomic E-state index is 14.2. The van der Waals surface area contributed by atoms with Gasteiger partial charge in [0.15, 0.2) is 5.82 Å². The molecule has 1 aliphatic carbocycles. The largest absolute Gasteiger partial charge is 0.342 e. The lowest BCUT2D eigenvalue weighted by Gasteiger charge is -2.26. The molecule has 2 fully saturated rings. The number of hydrogen-bond donors (Lipinski definition) is 1. The molecule has 168 valence electrons. The van der Waals surface area contributed by atoms with Gasteiger partial charge in [-0.1, -0.05) is 0 Å². The Bertz CT molecular complexity index is 1440. The highest BCUT2D eigenvalue weighted by Gasteiger charge is 2.58. The van der Waals surface area contributed by atoms with E-state index in [1.54, 1.807) is 13.1 Å². The Labute approximate surface area is 187 Å². The number of piperidine rings is 1. The molecule has 8 nitrogen and oxygen atoms in total. The minimum Gasteiger partial charge on any atom is -0.342 e. The van der Waals surface area contributed by atoms with Crippen molar-refractivity contribution in [2.75, 3.05) is 29.9 Å². The van der Waals surface area contributed by atoms with Crippen molar-refractivity contribution in [2.45, 2.75) is 6.04 Å². The van der Waals surface area contributed by atoms with Crippen molar-refractivity contribution in [3.63, 3.8) is 0 Å². The predicted molar refractivity (Wildman–Crippen MR) is 120 cm³/mol. The van der Waals surface area contributed by atoms with Crippen LogP contribution in [0, 0.1) is 23.5 Å². The van der Waals surface area contributed by atoms with E-state index in [1.165, 1.54) is 35.0 Å². The van der Waals surface area contributed by atoms with Crippen LogP contribution >= 0.6 is 0 Å². The SMILES string of the molecule is CN(c1nc(-c2ccncc2F)cc(=O)n1C)C1[C@H]2CN(c3nc4ccc(F)cc4[nH]3)C[C@@H]12. The summed E-state index contributed by atoms with van der Waals surface area (Å²) < 4.78 is 29.2. The van der Waals surface area contributed by atoms with Crippen molar-refractivity contribution < 1.29 is 8.78 Å². The van der Waals surface area contributed by atoms with E-state index in [-0.39, 0.29) is 23.0 Å². The summed E-state index contributed by atoms with van der Waals surface area (Å²) in [4.78, 5) is 33.0. The lowest BCUT2D eigenvalue weighted by atomic mass is 10.2. The Morgan fingerprint density at radius 2 is 1.91 bits per heavy atom. The van der Waals surface area contributed by atoms with E-state index >= 15 is 0 Å². The molecule has 1 saturated carbocycles. The summed E-state index contributed by atoms with van der Waals surface area (Å²) in [5.74, 6) is 1.20. The van der Waals surface area contributed by atoms with Gasteiger partial charge in [0.1, 0.15) is 5.82 Å². The third-order valence-corrected chi connectivity index (χ3v) is 6.80. The number of aromatic amines is 1. The monoisotopic (exact) mass is 449 g/mol. The van der Waals surface area contributed by atoms with E-state index in [2.05, 4.69) is 24.8 Å². The molecule has 10 heteroatoms.